The number of anilines is 4. The van der Waals surface area contributed by atoms with Gasteiger partial charge in [-0.05, 0) is 51.1 Å². The maximum atomic E-state index is 14.1. The van der Waals surface area contributed by atoms with Crippen LogP contribution in [0.3, 0.4) is 0 Å². The van der Waals surface area contributed by atoms with Gasteiger partial charge in [-0.25, -0.2) is 18.6 Å². The van der Waals surface area contributed by atoms with Gasteiger partial charge in [0, 0.05) is 52.6 Å². The monoisotopic (exact) mass is 524 g/mol. The lowest BCUT2D eigenvalue weighted by molar-refractivity contribution is 0.234. The second kappa shape index (κ2) is 10.7. The van der Waals surface area contributed by atoms with Gasteiger partial charge < -0.3 is 20.3 Å². The van der Waals surface area contributed by atoms with Gasteiger partial charge in [-0.3, -0.25) is 0 Å². The molecule has 10 nitrogen and oxygen atoms in total. The van der Waals surface area contributed by atoms with Gasteiger partial charge in [0.15, 0.2) is 17.5 Å². The maximum absolute atomic E-state index is 14.1. The first kappa shape index (κ1) is 26.2. The summed E-state index contributed by atoms with van der Waals surface area (Å²) in [5, 5.41) is 15.7. The van der Waals surface area contributed by atoms with E-state index in [2.05, 4.69) is 48.0 Å². The van der Waals surface area contributed by atoms with E-state index in [0.29, 0.717) is 0 Å². The Morgan fingerprint density at radius 3 is 2.73 bits per heavy atom. The van der Waals surface area contributed by atoms with Crippen LogP contribution in [0.4, 0.5) is 33.5 Å². The number of pyridine rings is 1. The molecular weight excluding hydrogens is 495 g/mol. The normalized spacial score (nSPS) is 13.6. The molecule has 0 unspecified atom stereocenters. The van der Waals surface area contributed by atoms with E-state index < -0.39 is 15.5 Å². The lowest BCUT2D eigenvalue weighted by Crippen LogP contribution is -2.27. The van der Waals surface area contributed by atoms with Gasteiger partial charge in [0.25, 0.3) is 0 Å². The van der Waals surface area contributed by atoms with E-state index in [1.165, 1.54) is 30.3 Å². The largest absolute Gasteiger partial charge is 0.491 e. The van der Waals surface area contributed by atoms with Crippen molar-refractivity contribution in [3.8, 4) is 11.8 Å². The van der Waals surface area contributed by atoms with Crippen LogP contribution in [-0.2, 0) is 22.7 Å². The van der Waals surface area contributed by atoms with Gasteiger partial charge in [0.05, 0.1) is 12.3 Å². The molecule has 0 bridgehead atoms. The molecule has 0 aliphatic carbocycles. The Balaban J connectivity index is 1.66. The van der Waals surface area contributed by atoms with E-state index in [0.717, 1.165) is 42.6 Å². The molecule has 194 valence electrons. The maximum Gasteiger partial charge on any atom is 0.229 e. The van der Waals surface area contributed by atoms with Crippen molar-refractivity contribution in [2.24, 2.45) is 4.36 Å². The van der Waals surface area contributed by atoms with Crippen LogP contribution in [0, 0.1) is 17.1 Å². The SMILES string of the molecule is CC(C)Oc1cc(Nc2ncc(C#N)c(Nc3ccc(F)c(N=S(C)(C)=O)n3)n2)cc2c1CCN(C)C2. The molecule has 0 fully saturated rings. The first-order valence-corrected chi connectivity index (χ1v) is 14.0. The van der Waals surface area contributed by atoms with Gasteiger partial charge in [-0.2, -0.15) is 14.6 Å². The van der Waals surface area contributed by atoms with Crippen LogP contribution in [0.1, 0.15) is 30.5 Å². The molecule has 3 aromatic rings. The summed E-state index contributed by atoms with van der Waals surface area (Å²) in [5.41, 5.74) is 3.28. The van der Waals surface area contributed by atoms with Crippen LogP contribution in [-0.4, -0.2) is 56.3 Å². The fourth-order valence-electron chi connectivity index (χ4n) is 3.87. The Morgan fingerprint density at radius 2 is 2.03 bits per heavy atom. The Bertz CT molecular complexity index is 1490. The second-order valence-electron chi connectivity index (χ2n) is 9.36. The van der Waals surface area contributed by atoms with Crippen LogP contribution < -0.4 is 15.4 Å². The molecule has 0 amide bonds. The second-order valence-corrected chi connectivity index (χ2v) is 11.9. The summed E-state index contributed by atoms with van der Waals surface area (Å²) in [7, 11) is -0.543. The van der Waals surface area contributed by atoms with Gasteiger partial charge in [0.2, 0.25) is 5.95 Å². The minimum atomic E-state index is -2.62. The smallest absolute Gasteiger partial charge is 0.229 e. The van der Waals surface area contributed by atoms with Crippen LogP contribution in [0.2, 0.25) is 0 Å². The van der Waals surface area contributed by atoms with Crippen molar-refractivity contribution in [1.29, 1.82) is 5.26 Å². The topological polar surface area (TPSA) is 128 Å². The van der Waals surface area contributed by atoms with Crippen molar-refractivity contribution < 1.29 is 13.3 Å². The Labute approximate surface area is 216 Å². The van der Waals surface area contributed by atoms with E-state index in [4.69, 9.17) is 4.74 Å². The molecule has 0 radical (unpaired) electrons. The number of hydrogen-bond donors (Lipinski definition) is 2. The minimum absolute atomic E-state index is 0.0228. The molecule has 0 saturated heterocycles. The number of fused-ring (bicyclic) bond motifs is 1. The summed E-state index contributed by atoms with van der Waals surface area (Å²) in [6.45, 7) is 5.74. The fourth-order valence-corrected chi connectivity index (χ4v) is 4.42. The number of hydrogen-bond acceptors (Lipinski definition) is 10. The van der Waals surface area contributed by atoms with Gasteiger partial charge in [0.1, 0.15) is 23.2 Å². The Hall–Kier alpha value is -3.82. The summed E-state index contributed by atoms with van der Waals surface area (Å²) in [6, 6.07) is 8.56. The first-order chi connectivity index (χ1) is 17.5. The highest BCUT2D eigenvalue weighted by molar-refractivity contribution is 7.92. The molecule has 0 saturated carbocycles. The van der Waals surface area contributed by atoms with Crippen molar-refractivity contribution in [3.05, 3.63) is 53.0 Å². The third-order valence-electron chi connectivity index (χ3n) is 5.39. The molecule has 12 heteroatoms. The summed E-state index contributed by atoms with van der Waals surface area (Å²) in [4.78, 5) is 15.1. The van der Waals surface area contributed by atoms with Crippen molar-refractivity contribution in [1.82, 2.24) is 19.9 Å². The molecule has 1 aromatic carbocycles. The summed E-state index contributed by atoms with van der Waals surface area (Å²) in [5.74, 6) is 0.445. The highest BCUT2D eigenvalue weighted by Crippen LogP contribution is 2.33. The zero-order valence-corrected chi connectivity index (χ0v) is 22.2. The molecule has 2 aromatic heterocycles. The fraction of sp³-hybridized carbons (Fsp3) is 0.360. The summed E-state index contributed by atoms with van der Waals surface area (Å²) >= 11 is 0. The van der Waals surface area contributed by atoms with Crippen molar-refractivity contribution in [2.45, 2.75) is 32.9 Å². The number of rotatable bonds is 7. The predicted octanol–water partition coefficient (Wildman–Crippen LogP) is 4.50. The number of benzene rings is 1. The van der Waals surface area contributed by atoms with Gasteiger partial charge in [-0.15, -0.1) is 0 Å². The van der Waals surface area contributed by atoms with Crippen LogP contribution in [0.15, 0.2) is 34.8 Å². The van der Waals surface area contributed by atoms with Crippen molar-refractivity contribution in [3.63, 3.8) is 0 Å². The van der Waals surface area contributed by atoms with E-state index >= 15 is 0 Å². The number of nitrogens with one attached hydrogen (secondary N) is 2. The lowest BCUT2D eigenvalue weighted by atomic mass is 9.98. The van der Waals surface area contributed by atoms with Crippen molar-refractivity contribution >= 4 is 38.8 Å². The van der Waals surface area contributed by atoms with Crippen LogP contribution in [0.5, 0.6) is 5.75 Å². The number of aromatic nitrogens is 3. The molecule has 4 rings (SSSR count). The molecule has 2 N–H and O–H groups in total. The Kier molecular flexibility index (Phi) is 7.56. The number of ether oxygens (including phenoxy) is 1. The molecule has 0 atom stereocenters. The molecule has 1 aliphatic heterocycles. The molecule has 3 heterocycles. The highest BCUT2D eigenvalue weighted by atomic mass is 32.2. The molecular formula is C25H29FN8O2S. The highest BCUT2D eigenvalue weighted by Gasteiger charge is 2.20. The van der Waals surface area contributed by atoms with Crippen LogP contribution >= 0.6 is 0 Å². The first-order valence-electron chi connectivity index (χ1n) is 11.7. The summed E-state index contributed by atoms with van der Waals surface area (Å²) in [6.07, 6.45) is 5.09. The number of halogens is 1. The number of likely N-dealkylation sites (N-methyl/N-ethyl adjacent to an activating group) is 1. The van der Waals surface area contributed by atoms with E-state index in [1.807, 2.05) is 26.0 Å². The van der Waals surface area contributed by atoms with Gasteiger partial charge >= 0.3 is 0 Å². The van der Waals surface area contributed by atoms with E-state index in [9.17, 15) is 13.9 Å². The average molecular weight is 525 g/mol. The van der Waals surface area contributed by atoms with E-state index in [-0.39, 0.29) is 35.1 Å². The van der Waals surface area contributed by atoms with E-state index in [1.54, 1.807) is 0 Å². The van der Waals surface area contributed by atoms with Crippen molar-refractivity contribution in [2.75, 3.05) is 36.7 Å². The standard InChI is InChI=1S/C25H29FN8O2S/c1-15(2)36-21-11-18(10-16-14-34(3)9-8-19(16)21)29-25-28-13-17(12-27)23(32-25)30-22-7-6-20(26)24(31-22)33-37(4,5)35/h6-7,10-11,13,15H,8-9,14H2,1-5H3,(H2,28,29,30,31,32). The van der Waals surface area contributed by atoms with Crippen LogP contribution in [0.25, 0.3) is 0 Å². The number of nitriles is 1. The third kappa shape index (κ3) is 6.69. The average Bonchev–Trinajstić information content (AvgIpc) is 2.80. The Morgan fingerprint density at radius 1 is 1.24 bits per heavy atom. The predicted molar refractivity (Wildman–Crippen MR) is 142 cm³/mol. The quantitative estimate of drug-likeness (QED) is 0.459. The zero-order valence-electron chi connectivity index (χ0n) is 21.4. The third-order valence-corrected chi connectivity index (χ3v) is 6.01. The number of nitrogens with zero attached hydrogens (tertiary/aromatic N) is 6. The molecule has 0 spiro atoms. The molecule has 37 heavy (non-hydrogen) atoms. The van der Waals surface area contributed by atoms with Gasteiger partial charge in [-0.1, -0.05) is 0 Å². The lowest BCUT2D eigenvalue weighted by Gasteiger charge is -2.28. The zero-order chi connectivity index (χ0) is 26.7. The molecule has 1 aliphatic rings. The minimum Gasteiger partial charge on any atom is -0.491 e. The summed E-state index contributed by atoms with van der Waals surface area (Å²) < 4.78 is 36.1.